The third-order valence-corrected chi connectivity index (χ3v) is 11.6. The minimum atomic E-state index is -1.33. The summed E-state index contributed by atoms with van der Waals surface area (Å²) in [7, 11) is 0. The van der Waals surface area contributed by atoms with Crippen LogP contribution >= 0.6 is 34.8 Å². The number of aliphatic hydroxyl groups excluding tert-OH is 1. The summed E-state index contributed by atoms with van der Waals surface area (Å²) in [5.41, 5.74) is -0.651. The zero-order valence-electron chi connectivity index (χ0n) is 27.1. The monoisotopic (exact) mass is 724 g/mol. The number of rotatable bonds is 11. The zero-order valence-corrected chi connectivity index (χ0v) is 29.3. The Kier molecular flexibility index (Phi) is 9.97. The van der Waals surface area contributed by atoms with Crippen molar-refractivity contribution in [2.75, 3.05) is 18.7 Å². The first-order chi connectivity index (χ1) is 23.4. The van der Waals surface area contributed by atoms with Crippen molar-refractivity contribution >= 4 is 52.7 Å². The van der Waals surface area contributed by atoms with Crippen molar-refractivity contribution in [3.05, 3.63) is 134 Å². The Labute approximate surface area is 300 Å². The smallest absolute Gasteiger partial charge is 0.211 e. The molecule has 1 saturated carbocycles. The largest absolute Gasteiger partial charge is 0.386 e. The van der Waals surface area contributed by atoms with Crippen molar-refractivity contribution < 1.29 is 23.5 Å². The van der Waals surface area contributed by atoms with Crippen LogP contribution < -0.4 is 5.32 Å². The first kappa shape index (κ1) is 35.5. The molecule has 5 nitrogen and oxygen atoms in total. The van der Waals surface area contributed by atoms with Crippen LogP contribution in [0.3, 0.4) is 0 Å². The maximum Gasteiger partial charge on any atom is 0.211 e. The summed E-state index contributed by atoms with van der Waals surface area (Å²) in [4.78, 5) is 28.4. The fraction of sp³-hybridized carbons (Fsp3) is 0.333. The molecule has 2 aliphatic rings. The maximum absolute atomic E-state index is 15.0. The van der Waals surface area contributed by atoms with Gasteiger partial charge in [-0.3, -0.25) is 23.3 Å². The number of carbonyl (C=O) groups excluding carboxylic acids is 2. The molecular formula is C39H37Cl3F2N2O3. The lowest BCUT2D eigenvalue weighted by Crippen LogP contribution is -2.70. The van der Waals surface area contributed by atoms with Gasteiger partial charge >= 0.3 is 0 Å². The molecule has 2 N–H and O–H groups in total. The second-order valence-corrected chi connectivity index (χ2v) is 15.0. The zero-order chi connectivity index (χ0) is 35.1. The average Bonchev–Trinajstić information content (AvgIpc) is 3.30. The molecule has 1 saturated heterocycles. The van der Waals surface area contributed by atoms with Gasteiger partial charge < -0.3 is 10.4 Å². The van der Waals surface area contributed by atoms with Crippen LogP contribution in [0.4, 0.5) is 14.5 Å². The van der Waals surface area contributed by atoms with Gasteiger partial charge in [0.25, 0.3) is 0 Å². The van der Waals surface area contributed by atoms with Gasteiger partial charge in [0, 0.05) is 43.0 Å². The molecule has 6 rings (SSSR count). The van der Waals surface area contributed by atoms with E-state index in [9.17, 15) is 14.7 Å². The molecule has 0 radical (unpaired) electrons. The van der Waals surface area contributed by atoms with Gasteiger partial charge in [-0.25, -0.2) is 0 Å². The van der Waals surface area contributed by atoms with Crippen molar-refractivity contribution in [2.45, 2.75) is 61.7 Å². The number of hydrogen-bond donors (Lipinski definition) is 2. The molecule has 1 amide bonds. The Hall–Kier alpha value is -3.33. The average molecular weight is 726 g/mol. The molecule has 49 heavy (non-hydrogen) atoms. The van der Waals surface area contributed by atoms with E-state index in [0.717, 1.165) is 5.56 Å². The second-order valence-electron chi connectivity index (χ2n) is 13.7. The van der Waals surface area contributed by atoms with Crippen LogP contribution in [0, 0.1) is 5.41 Å². The Morgan fingerprint density at radius 1 is 0.898 bits per heavy atom. The Morgan fingerprint density at radius 2 is 1.47 bits per heavy atom. The molecule has 0 aromatic heterocycles. The van der Waals surface area contributed by atoms with Crippen LogP contribution in [0.2, 0.25) is 15.1 Å². The number of alkyl halides is 2. The number of likely N-dealkylation sites (tertiary alicyclic amines) is 1. The van der Waals surface area contributed by atoms with Gasteiger partial charge in [-0.1, -0.05) is 108 Å². The highest BCUT2D eigenvalue weighted by Gasteiger charge is 2.76. The highest BCUT2D eigenvalue weighted by molar-refractivity contribution is 6.34. The number of aliphatic hydroxyl groups is 1. The van der Waals surface area contributed by atoms with E-state index in [1.54, 1.807) is 36.4 Å². The number of nitrogens with one attached hydrogen (secondary N) is 1. The summed E-state index contributed by atoms with van der Waals surface area (Å²) in [5, 5.41) is 16.3. The van der Waals surface area contributed by atoms with Crippen LogP contribution in [0.15, 0.2) is 97.1 Å². The van der Waals surface area contributed by atoms with Crippen molar-refractivity contribution in [2.24, 2.45) is 5.41 Å². The molecule has 5 atom stereocenters. The van der Waals surface area contributed by atoms with Crippen molar-refractivity contribution in [1.29, 1.82) is 0 Å². The van der Waals surface area contributed by atoms with E-state index in [2.05, 4.69) is 5.32 Å². The highest BCUT2D eigenvalue weighted by Crippen LogP contribution is 2.72. The van der Waals surface area contributed by atoms with E-state index in [-0.39, 0.29) is 18.6 Å². The molecule has 0 bridgehead atoms. The third-order valence-electron chi connectivity index (χ3n) is 10.9. The quantitative estimate of drug-likeness (QED) is 0.151. The lowest BCUT2D eigenvalue weighted by molar-refractivity contribution is -0.157. The van der Waals surface area contributed by atoms with Gasteiger partial charge in [0.05, 0.1) is 31.5 Å². The molecule has 256 valence electrons. The number of nitrogens with zero attached hydrogens (tertiary/aromatic N) is 1. The van der Waals surface area contributed by atoms with Crippen molar-refractivity contribution in [1.82, 2.24) is 4.90 Å². The SMILES string of the molecule is CC(=O)[C@H]1C(c2cc(Cl)cc(Cl)c2)C(C)(c2ccc(Cl)cc2NC=O)C2(CC(CF)(CF)C2)N1C(c1ccccc1)C(O)c1ccccc1. The number of carbonyl (C=O) groups is 2. The Bertz CT molecular complexity index is 1810. The van der Waals surface area contributed by atoms with Crippen LogP contribution in [-0.2, 0) is 15.0 Å². The van der Waals surface area contributed by atoms with Crippen LogP contribution in [-0.4, -0.2) is 47.1 Å². The molecule has 1 aliphatic heterocycles. The van der Waals surface area contributed by atoms with Gasteiger partial charge in [0.1, 0.15) is 5.78 Å². The summed E-state index contributed by atoms with van der Waals surface area (Å²) in [5.74, 6) is -0.941. The number of benzene rings is 4. The van der Waals surface area contributed by atoms with E-state index in [1.807, 2.05) is 72.5 Å². The lowest BCUT2D eigenvalue weighted by Gasteiger charge is -2.64. The van der Waals surface area contributed by atoms with Crippen LogP contribution in [0.5, 0.6) is 0 Å². The summed E-state index contributed by atoms with van der Waals surface area (Å²) < 4.78 is 30.0. The third kappa shape index (κ3) is 5.87. The lowest BCUT2D eigenvalue weighted by atomic mass is 9.45. The highest BCUT2D eigenvalue weighted by atomic mass is 35.5. The summed E-state index contributed by atoms with van der Waals surface area (Å²) in [6.07, 6.45) is -0.569. The van der Waals surface area contributed by atoms with Gasteiger partial charge in [0.15, 0.2) is 0 Å². The predicted octanol–water partition coefficient (Wildman–Crippen LogP) is 9.46. The molecule has 1 spiro atoms. The maximum atomic E-state index is 15.0. The standard InChI is InChI=1S/C39H37Cl3F2N2O3/c1-24(48)34-33(27-15-29(41)17-30(42)16-27)37(2,31-14-13-28(40)18-32(31)45-23-47)39(19-38(20-39,21-43)22-44)46(34)35(25-9-5-3-6-10-25)36(49)26-11-7-4-8-12-26/h3-18,23,33-36,49H,19-22H2,1-2H3,(H,45,47)/t33?,34-,35?,36?,37?/m0/s1. The second kappa shape index (κ2) is 13.8. The Balaban J connectivity index is 1.75. The minimum Gasteiger partial charge on any atom is -0.386 e. The normalized spacial score (nSPS) is 23.8. The summed E-state index contributed by atoms with van der Waals surface area (Å²) in [6, 6.07) is 27.0. The molecule has 4 aromatic carbocycles. The number of anilines is 1. The van der Waals surface area contributed by atoms with Gasteiger partial charge in [0.2, 0.25) is 6.41 Å². The van der Waals surface area contributed by atoms with E-state index < -0.39 is 53.8 Å². The Morgan fingerprint density at radius 3 is 2.00 bits per heavy atom. The van der Waals surface area contributed by atoms with E-state index in [1.165, 1.54) is 6.92 Å². The summed E-state index contributed by atoms with van der Waals surface area (Å²) >= 11 is 19.7. The molecular weight excluding hydrogens is 689 g/mol. The molecule has 1 heterocycles. The number of halogens is 5. The van der Waals surface area contributed by atoms with Crippen molar-refractivity contribution in [3.8, 4) is 0 Å². The number of ketones is 1. The number of Topliss-reactive ketones (excluding diaryl/α,β-unsaturated/α-hetero) is 1. The van der Waals surface area contributed by atoms with Gasteiger partial charge in [-0.15, -0.1) is 0 Å². The van der Waals surface area contributed by atoms with Crippen LogP contribution in [0.1, 0.15) is 67.0 Å². The first-order valence-electron chi connectivity index (χ1n) is 16.1. The van der Waals surface area contributed by atoms with E-state index in [4.69, 9.17) is 34.8 Å². The minimum absolute atomic E-state index is 0.0199. The first-order valence-corrected chi connectivity index (χ1v) is 17.2. The summed E-state index contributed by atoms with van der Waals surface area (Å²) in [6.45, 7) is 1.64. The van der Waals surface area contributed by atoms with Gasteiger partial charge in [-0.05, 0) is 72.4 Å². The predicted molar refractivity (Wildman–Crippen MR) is 191 cm³/mol. The van der Waals surface area contributed by atoms with E-state index >= 15 is 8.78 Å². The fourth-order valence-electron chi connectivity index (χ4n) is 8.95. The molecule has 10 heteroatoms. The van der Waals surface area contributed by atoms with Crippen molar-refractivity contribution in [3.63, 3.8) is 0 Å². The fourth-order valence-corrected chi connectivity index (χ4v) is 9.67. The molecule has 1 aliphatic carbocycles. The number of amides is 1. The molecule has 4 aromatic rings. The molecule has 4 unspecified atom stereocenters. The van der Waals surface area contributed by atoms with Gasteiger partial charge in [-0.2, -0.15) is 0 Å². The van der Waals surface area contributed by atoms with E-state index in [0.29, 0.717) is 43.9 Å². The van der Waals surface area contributed by atoms with Crippen LogP contribution in [0.25, 0.3) is 0 Å². The topological polar surface area (TPSA) is 69.6 Å². The molecule has 2 fully saturated rings. The number of hydrogen-bond acceptors (Lipinski definition) is 4.